The predicted molar refractivity (Wildman–Crippen MR) is 111 cm³/mol. The summed E-state index contributed by atoms with van der Waals surface area (Å²) >= 11 is 10.7. The molecule has 3 aromatic rings. The van der Waals surface area contributed by atoms with E-state index in [0.717, 1.165) is 18.5 Å². The first-order chi connectivity index (χ1) is 13.0. The monoisotopic (exact) mass is 468 g/mol. The second-order valence-electron chi connectivity index (χ2n) is 5.81. The third-order valence-electron chi connectivity index (χ3n) is 3.83. The molecule has 0 aliphatic heterocycles. The summed E-state index contributed by atoms with van der Waals surface area (Å²) in [5, 5.41) is 12.7. The van der Waals surface area contributed by atoms with E-state index in [4.69, 9.17) is 16.0 Å². The zero-order chi connectivity index (χ0) is 19.4. The quantitative estimate of drug-likeness (QED) is 0.469. The number of aromatic nitrogens is 3. The molecule has 2 heterocycles. The Bertz CT molecular complexity index is 957. The van der Waals surface area contributed by atoms with Crippen molar-refractivity contribution in [2.75, 3.05) is 11.1 Å². The van der Waals surface area contributed by atoms with Crippen LogP contribution in [0.25, 0.3) is 11.6 Å². The molecule has 1 amide bonds. The molecule has 0 aliphatic rings. The first-order valence-corrected chi connectivity index (χ1v) is 10.5. The van der Waals surface area contributed by atoms with Gasteiger partial charge in [0, 0.05) is 17.3 Å². The number of nitrogens with one attached hydrogen (secondary N) is 1. The molecule has 0 spiro atoms. The van der Waals surface area contributed by atoms with Gasteiger partial charge in [-0.2, -0.15) is 0 Å². The van der Waals surface area contributed by atoms with E-state index in [1.54, 1.807) is 6.07 Å². The van der Waals surface area contributed by atoms with E-state index in [1.165, 1.54) is 11.8 Å². The van der Waals surface area contributed by atoms with Crippen molar-refractivity contribution in [2.45, 2.75) is 32.0 Å². The van der Waals surface area contributed by atoms with Crippen molar-refractivity contribution in [2.24, 2.45) is 0 Å². The molecule has 0 saturated heterocycles. The van der Waals surface area contributed by atoms with E-state index in [1.807, 2.05) is 35.8 Å². The Morgan fingerprint density at radius 1 is 1.33 bits per heavy atom. The lowest BCUT2D eigenvalue weighted by Crippen LogP contribution is -2.15. The number of thioether (sulfide) groups is 1. The molecule has 27 heavy (non-hydrogen) atoms. The summed E-state index contributed by atoms with van der Waals surface area (Å²) in [6.07, 6.45) is 0.911. The fourth-order valence-corrected chi connectivity index (χ4v) is 3.74. The largest absolute Gasteiger partial charge is 0.446 e. The van der Waals surface area contributed by atoms with Crippen LogP contribution in [0.1, 0.15) is 18.9 Å². The van der Waals surface area contributed by atoms with E-state index >= 15 is 0 Å². The Morgan fingerprint density at radius 3 is 2.85 bits per heavy atom. The van der Waals surface area contributed by atoms with Gasteiger partial charge in [-0.3, -0.25) is 9.36 Å². The van der Waals surface area contributed by atoms with E-state index in [9.17, 15) is 4.79 Å². The summed E-state index contributed by atoms with van der Waals surface area (Å²) in [4.78, 5) is 12.3. The maximum Gasteiger partial charge on any atom is 0.234 e. The summed E-state index contributed by atoms with van der Waals surface area (Å²) in [5.74, 6) is 1.37. The van der Waals surface area contributed by atoms with E-state index in [-0.39, 0.29) is 11.7 Å². The summed E-state index contributed by atoms with van der Waals surface area (Å²) in [7, 11) is 0. The first kappa shape index (κ1) is 20.0. The van der Waals surface area contributed by atoms with Crippen molar-refractivity contribution in [3.63, 3.8) is 0 Å². The Morgan fingerprint density at radius 2 is 2.15 bits per heavy atom. The van der Waals surface area contributed by atoms with Gasteiger partial charge in [0.1, 0.15) is 0 Å². The van der Waals surface area contributed by atoms with Crippen LogP contribution in [0.5, 0.6) is 0 Å². The van der Waals surface area contributed by atoms with Crippen LogP contribution in [0.15, 0.2) is 44.6 Å². The molecule has 0 bridgehead atoms. The van der Waals surface area contributed by atoms with Crippen molar-refractivity contribution in [1.82, 2.24) is 14.8 Å². The first-order valence-electron chi connectivity index (χ1n) is 8.36. The number of anilines is 1. The molecule has 6 nitrogen and oxygen atoms in total. The van der Waals surface area contributed by atoms with Gasteiger partial charge in [0.25, 0.3) is 0 Å². The number of carbonyl (C=O) groups excluding carboxylic acids is 1. The van der Waals surface area contributed by atoms with E-state index in [0.29, 0.717) is 32.1 Å². The number of furan rings is 1. The highest BCUT2D eigenvalue weighted by Crippen LogP contribution is 2.28. The Balaban J connectivity index is 1.71. The number of nitrogens with zero attached hydrogens (tertiary/aromatic N) is 3. The van der Waals surface area contributed by atoms with Gasteiger partial charge in [0.2, 0.25) is 11.7 Å². The fourth-order valence-electron chi connectivity index (χ4n) is 2.50. The minimum atomic E-state index is -0.126. The number of hydrogen-bond donors (Lipinski definition) is 1. The number of amides is 1. The zero-order valence-electron chi connectivity index (χ0n) is 14.8. The summed E-state index contributed by atoms with van der Waals surface area (Å²) < 4.78 is 8.19. The Labute approximate surface area is 174 Å². The third-order valence-corrected chi connectivity index (χ3v) is 5.63. The number of benzene rings is 1. The number of halogens is 2. The van der Waals surface area contributed by atoms with Crippen molar-refractivity contribution in [3.8, 4) is 11.6 Å². The lowest BCUT2D eigenvalue weighted by Gasteiger charge is -2.10. The van der Waals surface area contributed by atoms with Gasteiger partial charge >= 0.3 is 0 Å². The molecule has 1 aromatic carbocycles. The van der Waals surface area contributed by atoms with Crippen molar-refractivity contribution in [3.05, 3.63) is 45.6 Å². The van der Waals surface area contributed by atoms with Crippen LogP contribution in [0.3, 0.4) is 0 Å². The van der Waals surface area contributed by atoms with Crippen LogP contribution in [0.4, 0.5) is 5.69 Å². The highest BCUT2D eigenvalue weighted by atomic mass is 79.9. The van der Waals surface area contributed by atoms with Crippen molar-refractivity contribution >= 4 is 50.9 Å². The summed E-state index contributed by atoms with van der Waals surface area (Å²) in [5.41, 5.74) is 1.56. The van der Waals surface area contributed by atoms with Gasteiger partial charge in [0.15, 0.2) is 15.6 Å². The minimum Gasteiger partial charge on any atom is -0.446 e. The number of carbonyl (C=O) groups is 1. The minimum absolute atomic E-state index is 0.126. The SMILES string of the molecule is CCCn1c(SCC(=O)Nc2cccc(Cl)c2C)nnc1-c1ccc(Br)o1. The molecule has 0 aliphatic carbocycles. The maximum absolute atomic E-state index is 12.3. The topological polar surface area (TPSA) is 73.0 Å². The second kappa shape index (κ2) is 8.95. The average Bonchev–Trinajstić information content (AvgIpc) is 3.24. The highest BCUT2D eigenvalue weighted by Gasteiger charge is 2.18. The molecule has 1 N–H and O–H groups in total. The fraction of sp³-hybridized carbons (Fsp3) is 0.278. The van der Waals surface area contributed by atoms with Crippen LogP contribution >= 0.6 is 39.3 Å². The lowest BCUT2D eigenvalue weighted by atomic mass is 10.2. The van der Waals surface area contributed by atoms with Gasteiger partial charge in [-0.1, -0.05) is 36.4 Å². The van der Waals surface area contributed by atoms with E-state index in [2.05, 4.69) is 38.4 Å². The maximum atomic E-state index is 12.3. The van der Waals surface area contributed by atoms with Crippen LogP contribution in [-0.4, -0.2) is 26.4 Å². The average molecular weight is 470 g/mol. The Hall–Kier alpha value is -1.77. The highest BCUT2D eigenvalue weighted by molar-refractivity contribution is 9.10. The smallest absolute Gasteiger partial charge is 0.234 e. The number of rotatable bonds is 7. The van der Waals surface area contributed by atoms with E-state index < -0.39 is 0 Å². The van der Waals surface area contributed by atoms with Crippen molar-refractivity contribution < 1.29 is 9.21 Å². The molecule has 0 radical (unpaired) electrons. The standard InChI is InChI=1S/C18H18BrClN4O2S/c1-3-9-24-17(14-7-8-15(19)26-14)22-23-18(24)27-10-16(25)21-13-6-4-5-12(20)11(13)2/h4-8H,3,9-10H2,1-2H3,(H,21,25). The molecule has 0 saturated carbocycles. The van der Waals surface area contributed by atoms with Crippen LogP contribution in [0.2, 0.25) is 5.02 Å². The number of hydrogen-bond acceptors (Lipinski definition) is 5. The molecule has 0 fully saturated rings. The van der Waals surface area contributed by atoms with Gasteiger partial charge in [-0.05, 0) is 59.1 Å². The van der Waals surface area contributed by atoms with Crippen LogP contribution in [0, 0.1) is 6.92 Å². The van der Waals surface area contributed by atoms with Crippen LogP contribution < -0.4 is 5.32 Å². The third kappa shape index (κ3) is 4.75. The predicted octanol–water partition coefficient (Wildman–Crippen LogP) is 5.40. The van der Waals surface area contributed by atoms with Gasteiger partial charge in [0.05, 0.1) is 5.75 Å². The molecule has 2 aromatic heterocycles. The lowest BCUT2D eigenvalue weighted by molar-refractivity contribution is -0.113. The van der Waals surface area contributed by atoms with Crippen LogP contribution in [-0.2, 0) is 11.3 Å². The normalized spacial score (nSPS) is 11.0. The van der Waals surface area contributed by atoms with Gasteiger partial charge in [-0.15, -0.1) is 10.2 Å². The molecule has 3 rings (SSSR count). The molecule has 9 heteroatoms. The molecular weight excluding hydrogens is 452 g/mol. The Kier molecular flexibility index (Phi) is 6.62. The second-order valence-corrected chi connectivity index (χ2v) is 7.94. The summed E-state index contributed by atoms with van der Waals surface area (Å²) in [6.45, 7) is 4.68. The summed E-state index contributed by atoms with van der Waals surface area (Å²) in [6, 6.07) is 9.08. The van der Waals surface area contributed by atoms with Crippen molar-refractivity contribution in [1.29, 1.82) is 0 Å². The molecule has 142 valence electrons. The van der Waals surface area contributed by atoms with Gasteiger partial charge in [-0.25, -0.2) is 0 Å². The molecule has 0 atom stereocenters. The van der Waals surface area contributed by atoms with Gasteiger partial charge < -0.3 is 9.73 Å². The molecular formula is C18H18BrClN4O2S. The molecule has 0 unspecified atom stereocenters. The zero-order valence-corrected chi connectivity index (χ0v) is 18.0.